The number of rotatable bonds is 5. The lowest BCUT2D eigenvalue weighted by molar-refractivity contribution is -0.131. The zero-order valence-corrected chi connectivity index (χ0v) is 12.4. The Balaban J connectivity index is 2.08. The van der Waals surface area contributed by atoms with Gasteiger partial charge in [-0.15, -0.1) is 0 Å². The molecule has 0 aliphatic heterocycles. The third-order valence-electron chi connectivity index (χ3n) is 2.66. The Kier molecular flexibility index (Phi) is 5.26. The van der Waals surface area contributed by atoms with Gasteiger partial charge in [0.1, 0.15) is 12.4 Å². The smallest absolute Gasteiger partial charge is 0.328 e. The summed E-state index contributed by atoms with van der Waals surface area (Å²) in [5.74, 6) is -0.474. The maximum atomic E-state index is 10.5. The fourth-order valence-electron chi connectivity index (χ4n) is 1.70. The van der Waals surface area contributed by atoms with Gasteiger partial charge in [0.05, 0.1) is 5.02 Å². The first-order chi connectivity index (χ1) is 10.0. The van der Waals surface area contributed by atoms with Crippen LogP contribution in [0.1, 0.15) is 11.1 Å². The van der Waals surface area contributed by atoms with E-state index in [0.717, 1.165) is 17.2 Å². The summed E-state index contributed by atoms with van der Waals surface area (Å²) in [7, 11) is 0. The number of ether oxygens (including phenoxy) is 1. The van der Waals surface area contributed by atoms with Crippen molar-refractivity contribution in [2.24, 2.45) is 0 Å². The topological polar surface area (TPSA) is 46.5 Å². The van der Waals surface area contributed by atoms with E-state index in [9.17, 15) is 4.79 Å². The summed E-state index contributed by atoms with van der Waals surface area (Å²) in [6.07, 6.45) is 2.62. The van der Waals surface area contributed by atoms with Gasteiger partial charge in [0.15, 0.2) is 0 Å². The molecule has 5 heteroatoms. The first kappa shape index (κ1) is 15.4. The summed E-state index contributed by atoms with van der Waals surface area (Å²) in [4.78, 5) is 10.5. The summed E-state index contributed by atoms with van der Waals surface area (Å²) in [6.45, 7) is 0.314. The van der Waals surface area contributed by atoms with Crippen LogP contribution in [-0.4, -0.2) is 11.1 Å². The van der Waals surface area contributed by atoms with Crippen molar-refractivity contribution < 1.29 is 14.6 Å². The lowest BCUT2D eigenvalue weighted by Gasteiger charge is -2.09. The minimum atomic E-state index is -0.984. The molecule has 2 rings (SSSR count). The third-order valence-corrected chi connectivity index (χ3v) is 3.20. The highest BCUT2D eigenvalue weighted by Crippen LogP contribution is 2.28. The van der Waals surface area contributed by atoms with Gasteiger partial charge in [0, 0.05) is 17.2 Å². The first-order valence-electron chi connectivity index (χ1n) is 6.12. The van der Waals surface area contributed by atoms with Gasteiger partial charge in [0.2, 0.25) is 0 Å². The van der Waals surface area contributed by atoms with Crippen LogP contribution >= 0.6 is 23.2 Å². The summed E-state index contributed by atoms with van der Waals surface area (Å²) in [6, 6.07) is 12.4. The van der Waals surface area contributed by atoms with Crippen molar-refractivity contribution >= 4 is 35.2 Å². The molecule has 0 saturated heterocycles. The van der Waals surface area contributed by atoms with E-state index in [-0.39, 0.29) is 0 Å². The molecule has 2 aromatic rings. The molecule has 0 spiro atoms. The van der Waals surface area contributed by atoms with Crippen molar-refractivity contribution in [1.82, 2.24) is 0 Å². The van der Waals surface area contributed by atoms with Crippen LogP contribution in [0.25, 0.3) is 6.08 Å². The summed E-state index contributed by atoms with van der Waals surface area (Å²) < 4.78 is 5.63. The van der Waals surface area contributed by atoms with Crippen LogP contribution in [0.15, 0.2) is 48.5 Å². The van der Waals surface area contributed by atoms with Gasteiger partial charge in [-0.25, -0.2) is 4.79 Å². The van der Waals surface area contributed by atoms with Gasteiger partial charge in [-0.1, -0.05) is 41.4 Å². The second-order valence-corrected chi connectivity index (χ2v) is 5.12. The standard InChI is InChI=1S/C16H12Cl2O3/c17-13-5-6-14(18)15(9-13)21-10-12-3-1-2-11(8-12)4-7-16(19)20/h1-9H,10H2,(H,19,20). The minimum Gasteiger partial charge on any atom is -0.487 e. The molecule has 0 atom stereocenters. The van der Waals surface area contributed by atoms with Crippen molar-refractivity contribution in [3.8, 4) is 5.75 Å². The van der Waals surface area contributed by atoms with Crippen LogP contribution in [0.2, 0.25) is 10.0 Å². The molecule has 0 amide bonds. The normalized spacial score (nSPS) is 10.8. The Hall–Kier alpha value is -1.97. The van der Waals surface area contributed by atoms with Crippen molar-refractivity contribution in [2.45, 2.75) is 6.61 Å². The number of carboxylic acid groups (broad SMARTS) is 1. The summed E-state index contributed by atoms with van der Waals surface area (Å²) in [5, 5.41) is 9.65. The number of halogens is 2. The van der Waals surface area contributed by atoms with Crippen LogP contribution in [0.3, 0.4) is 0 Å². The van der Waals surface area contributed by atoms with Crippen molar-refractivity contribution in [3.05, 3.63) is 69.7 Å². The molecule has 2 aromatic carbocycles. The molecule has 0 bridgehead atoms. The maximum absolute atomic E-state index is 10.5. The monoisotopic (exact) mass is 322 g/mol. The average Bonchev–Trinajstić information content (AvgIpc) is 2.46. The minimum absolute atomic E-state index is 0.314. The molecule has 0 unspecified atom stereocenters. The number of benzene rings is 2. The number of hydrogen-bond acceptors (Lipinski definition) is 2. The SMILES string of the molecule is O=C(O)C=Cc1cccc(COc2cc(Cl)ccc2Cl)c1. The number of carbonyl (C=O) groups is 1. The molecular formula is C16H12Cl2O3. The van der Waals surface area contributed by atoms with E-state index in [0.29, 0.717) is 22.4 Å². The van der Waals surface area contributed by atoms with E-state index in [4.69, 9.17) is 33.0 Å². The number of aliphatic carboxylic acids is 1. The van der Waals surface area contributed by atoms with Crippen molar-refractivity contribution in [1.29, 1.82) is 0 Å². The molecule has 0 radical (unpaired) electrons. The fourth-order valence-corrected chi connectivity index (χ4v) is 2.04. The van der Waals surface area contributed by atoms with Gasteiger partial charge in [-0.3, -0.25) is 0 Å². The van der Waals surface area contributed by atoms with Gasteiger partial charge in [0.25, 0.3) is 0 Å². The molecule has 0 aliphatic carbocycles. The molecule has 0 aliphatic rings. The highest BCUT2D eigenvalue weighted by atomic mass is 35.5. The van der Waals surface area contributed by atoms with E-state index in [2.05, 4.69) is 0 Å². The molecule has 3 nitrogen and oxygen atoms in total. The Morgan fingerprint density at radius 2 is 2.00 bits per heavy atom. The lowest BCUT2D eigenvalue weighted by atomic mass is 10.1. The number of carboxylic acids is 1. The van der Waals surface area contributed by atoms with Crippen LogP contribution < -0.4 is 4.74 Å². The average molecular weight is 323 g/mol. The van der Waals surface area contributed by atoms with Gasteiger partial charge in [-0.05, 0) is 35.4 Å². The predicted molar refractivity (Wildman–Crippen MR) is 83.9 cm³/mol. The van der Waals surface area contributed by atoms with E-state index >= 15 is 0 Å². The molecule has 1 N–H and O–H groups in total. The second kappa shape index (κ2) is 7.16. The zero-order valence-electron chi connectivity index (χ0n) is 10.9. The summed E-state index contributed by atoms with van der Waals surface area (Å²) >= 11 is 11.9. The van der Waals surface area contributed by atoms with Gasteiger partial charge in [-0.2, -0.15) is 0 Å². The highest BCUT2D eigenvalue weighted by molar-refractivity contribution is 6.34. The summed E-state index contributed by atoms with van der Waals surface area (Å²) in [5.41, 5.74) is 1.69. The Morgan fingerprint density at radius 3 is 2.76 bits per heavy atom. The predicted octanol–water partition coefficient (Wildman–Crippen LogP) is 4.67. The van der Waals surface area contributed by atoms with Crippen molar-refractivity contribution in [3.63, 3.8) is 0 Å². The Bertz CT molecular complexity index is 681. The largest absolute Gasteiger partial charge is 0.487 e. The molecule has 0 heterocycles. The molecular weight excluding hydrogens is 311 g/mol. The van der Waals surface area contributed by atoms with E-state index < -0.39 is 5.97 Å². The van der Waals surface area contributed by atoms with Gasteiger partial charge >= 0.3 is 5.97 Å². The zero-order chi connectivity index (χ0) is 15.2. The number of hydrogen-bond donors (Lipinski definition) is 1. The van der Waals surface area contributed by atoms with Gasteiger partial charge < -0.3 is 9.84 Å². The quantitative estimate of drug-likeness (QED) is 0.813. The molecule has 108 valence electrons. The van der Waals surface area contributed by atoms with Crippen molar-refractivity contribution in [2.75, 3.05) is 0 Å². The molecule has 0 saturated carbocycles. The maximum Gasteiger partial charge on any atom is 0.328 e. The molecule has 0 aromatic heterocycles. The van der Waals surface area contributed by atoms with Crippen LogP contribution in [0.5, 0.6) is 5.75 Å². The highest BCUT2D eigenvalue weighted by Gasteiger charge is 2.03. The van der Waals surface area contributed by atoms with Crippen LogP contribution in [-0.2, 0) is 11.4 Å². The Morgan fingerprint density at radius 1 is 1.19 bits per heavy atom. The van der Waals surface area contributed by atoms with E-state index in [1.807, 2.05) is 24.3 Å². The molecule has 0 fully saturated rings. The second-order valence-electron chi connectivity index (χ2n) is 4.28. The van der Waals surface area contributed by atoms with E-state index in [1.54, 1.807) is 18.2 Å². The van der Waals surface area contributed by atoms with Crippen LogP contribution in [0.4, 0.5) is 0 Å². The third kappa shape index (κ3) is 4.81. The fraction of sp³-hybridized carbons (Fsp3) is 0.0625. The van der Waals surface area contributed by atoms with Crippen LogP contribution in [0, 0.1) is 0 Å². The lowest BCUT2D eigenvalue weighted by Crippen LogP contribution is -1.96. The van der Waals surface area contributed by atoms with E-state index in [1.165, 1.54) is 6.08 Å². The molecule has 21 heavy (non-hydrogen) atoms. The first-order valence-corrected chi connectivity index (χ1v) is 6.88. The Labute approximate surface area is 132 Å².